The van der Waals surface area contributed by atoms with Crippen molar-refractivity contribution in [3.63, 3.8) is 0 Å². The number of ether oxygens (including phenoxy) is 3. The van der Waals surface area contributed by atoms with Gasteiger partial charge in [-0.05, 0) is 74.8 Å². The van der Waals surface area contributed by atoms with Crippen LogP contribution in [0.4, 0.5) is 0 Å². The summed E-state index contributed by atoms with van der Waals surface area (Å²) in [4.78, 5) is 14.9. The summed E-state index contributed by atoms with van der Waals surface area (Å²) >= 11 is 0. The average Bonchev–Trinajstić information content (AvgIpc) is 3.22. The lowest BCUT2D eigenvalue weighted by atomic mass is 9.86. The number of aryl methyl sites for hydroxylation is 1. The fourth-order valence-corrected chi connectivity index (χ4v) is 5.12. The topological polar surface area (TPSA) is 48.0 Å². The number of nitrogens with zero attached hydrogens (tertiary/aromatic N) is 1. The van der Waals surface area contributed by atoms with Crippen molar-refractivity contribution in [2.45, 2.75) is 77.7 Å². The van der Waals surface area contributed by atoms with Gasteiger partial charge in [0.15, 0.2) is 0 Å². The fourth-order valence-electron chi connectivity index (χ4n) is 5.12. The van der Waals surface area contributed by atoms with Crippen molar-refractivity contribution in [1.29, 1.82) is 0 Å². The van der Waals surface area contributed by atoms with Crippen molar-refractivity contribution in [3.8, 4) is 11.5 Å². The highest BCUT2D eigenvalue weighted by Gasteiger charge is 2.39. The molecule has 1 saturated heterocycles. The van der Waals surface area contributed by atoms with Crippen LogP contribution in [0.3, 0.4) is 0 Å². The zero-order valence-corrected chi connectivity index (χ0v) is 19.4. The van der Waals surface area contributed by atoms with Gasteiger partial charge in [0, 0.05) is 13.1 Å². The van der Waals surface area contributed by atoms with E-state index in [1.54, 1.807) is 0 Å². The summed E-state index contributed by atoms with van der Waals surface area (Å²) in [5.74, 6) is 1.37. The molecule has 31 heavy (non-hydrogen) atoms. The van der Waals surface area contributed by atoms with Gasteiger partial charge in [0.2, 0.25) is 0 Å². The van der Waals surface area contributed by atoms with Crippen molar-refractivity contribution >= 4 is 11.5 Å². The Balaban J connectivity index is 1.60. The molecule has 0 atom stereocenters. The van der Waals surface area contributed by atoms with E-state index in [0.717, 1.165) is 56.5 Å². The van der Waals surface area contributed by atoms with Gasteiger partial charge in [-0.1, -0.05) is 26.2 Å². The minimum absolute atomic E-state index is 0.197. The Morgan fingerprint density at radius 3 is 2.71 bits per heavy atom. The SMILES string of the molecule is CCCCCCc1cc(OC(=O)CN2CCOCC2)c2c(c1)OC(C)(C)C1=C2CCC1. The highest BCUT2D eigenvalue weighted by atomic mass is 16.5. The molecular formula is C26H37NO4. The second-order valence-corrected chi connectivity index (χ2v) is 9.56. The number of morpholine rings is 1. The molecule has 0 bridgehead atoms. The van der Waals surface area contributed by atoms with E-state index in [0.29, 0.717) is 25.5 Å². The Kier molecular flexibility index (Phi) is 7.02. The lowest BCUT2D eigenvalue weighted by Crippen LogP contribution is -2.40. The zero-order valence-electron chi connectivity index (χ0n) is 19.4. The normalized spacial score (nSPS) is 20.2. The molecule has 0 unspecified atom stereocenters. The Morgan fingerprint density at radius 2 is 1.94 bits per heavy atom. The maximum absolute atomic E-state index is 12.8. The number of allylic oxidation sites excluding steroid dienone is 1. The van der Waals surface area contributed by atoms with Gasteiger partial charge in [0.1, 0.15) is 17.1 Å². The molecule has 2 heterocycles. The first-order chi connectivity index (χ1) is 15.0. The van der Waals surface area contributed by atoms with Gasteiger partial charge >= 0.3 is 5.97 Å². The van der Waals surface area contributed by atoms with Crippen LogP contribution < -0.4 is 9.47 Å². The number of hydrogen-bond acceptors (Lipinski definition) is 5. The summed E-state index contributed by atoms with van der Waals surface area (Å²) < 4.78 is 17.9. The van der Waals surface area contributed by atoms with Crippen molar-refractivity contribution in [2.75, 3.05) is 32.8 Å². The molecule has 0 radical (unpaired) electrons. The molecule has 1 aliphatic carbocycles. The molecular weight excluding hydrogens is 390 g/mol. The summed E-state index contributed by atoms with van der Waals surface area (Å²) in [5.41, 5.74) is 4.61. The van der Waals surface area contributed by atoms with Gasteiger partial charge in [-0.2, -0.15) is 0 Å². The van der Waals surface area contributed by atoms with E-state index in [2.05, 4.69) is 37.8 Å². The average molecular weight is 428 g/mol. The number of carbonyl (C=O) groups is 1. The van der Waals surface area contributed by atoms with Crippen molar-refractivity contribution in [3.05, 3.63) is 28.8 Å². The van der Waals surface area contributed by atoms with Crippen molar-refractivity contribution in [1.82, 2.24) is 4.90 Å². The van der Waals surface area contributed by atoms with E-state index in [1.807, 2.05) is 0 Å². The number of unbranched alkanes of at least 4 members (excludes halogenated alkanes) is 3. The second-order valence-electron chi connectivity index (χ2n) is 9.56. The lowest BCUT2D eigenvalue weighted by molar-refractivity contribution is -0.136. The molecule has 170 valence electrons. The molecule has 3 aliphatic rings. The Bertz CT molecular complexity index is 836. The predicted molar refractivity (Wildman–Crippen MR) is 123 cm³/mol. The van der Waals surface area contributed by atoms with Crippen LogP contribution in [0.2, 0.25) is 0 Å². The third-order valence-corrected chi connectivity index (χ3v) is 6.74. The van der Waals surface area contributed by atoms with Crippen LogP contribution in [0.15, 0.2) is 17.7 Å². The quantitative estimate of drug-likeness (QED) is 0.326. The molecule has 1 aromatic carbocycles. The third kappa shape index (κ3) is 5.15. The first-order valence-electron chi connectivity index (χ1n) is 12.1. The Morgan fingerprint density at radius 1 is 1.13 bits per heavy atom. The molecule has 5 heteroatoms. The summed E-state index contributed by atoms with van der Waals surface area (Å²) in [6.07, 6.45) is 9.05. The largest absolute Gasteiger partial charge is 0.483 e. The smallest absolute Gasteiger partial charge is 0.325 e. The molecule has 5 nitrogen and oxygen atoms in total. The Hall–Kier alpha value is -1.85. The third-order valence-electron chi connectivity index (χ3n) is 6.74. The van der Waals surface area contributed by atoms with Crippen molar-refractivity contribution in [2.24, 2.45) is 0 Å². The number of esters is 1. The highest BCUT2D eigenvalue weighted by molar-refractivity contribution is 5.85. The minimum atomic E-state index is -0.297. The second kappa shape index (κ2) is 9.74. The Labute approximate surface area is 186 Å². The molecule has 0 aromatic heterocycles. The maximum atomic E-state index is 12.8. The molecule has 0 spiro atoms. The first kappa shape index (κ1) is 22.3. The maximum Gasteiger partial charge on any atom is 0.325 e. The van der Waals surface area contributed by atoms with Gasteiger partial charge in [0.25, 0.3) is 0 Å². The van der Waals surface area contributed by atoms with Crippen LogP contribution in [0.25, 0.3) is 5.57 Å². The van der Waals surface area contributed by atoms with E-state index in [1.165, 1.54) is 36.0 Å². The number of rotatable bonds is 8. The van der Waals surface area contributed by atoms with E-state index in [9.17, 15) is 4.79 Å². The predicted octanol–water partition coefficient (Wildman–Crippen LogP) is 5.16. The molecule has 1 fully saturated rings. The summed E-state index contributed by atoms with van der Waals surface area (Å²) in [5, 5.41) is 0. The van der Waals surface area contributed by atoms with Crippen LogP contribution >= 0.6 is 0 Å². The van der Waals surface area contributed by atoms with E-state index in [-0.39, 0.29) is 11.6 Å². The van der Waals surface area contributed by atoms with Crippen LogP contribution in [-0.4, -0.2) is 49.3 Å². The number of fused-ring (bicyclic) bond motifs is 2. The van der Waals surface area contributed by atoms with E-state index in [4.69, 9.17) is 14.2 Å². The van der Waals surface area contributed by atoms with Gasteiger partial charge in [-0.3, -0.25) is 9.69 Å². The van der Waals surface area contributed by atoms with Gasteiger partial charge in [-0.25, -0.2) is 0 Å². The monoisotopic (exact) mass is 427 g/mol. The molecule has 0 saturated carbocycles. The van der Waals surface area contributed by atoms with E-state index >= 15 is 0 Å². The fraction of sp³-hybridized carbons (Fsp3) is 0.654. The number of hydrogen-bond donors (Lipinski definition) is 0. The van der Waals surface area contributed by atoms with Gasteiger partial charge in [0.05, 0.1) is 25.3 Å². The standard InChI is InChI=1S/C26H37NO4/c1-4-5-6-7-9-19-16-22(30-24(28)18-27-12-14-29-15-13-27)25-20-10-8-11-21(20)26(2,3)31-23(25)17-19/h16-17H,4-15,18H2,1-3H3. The van der Waals surface area contributed by atoms with Crippen LogP contribution in [0.5, 0.6) is 11.5 Å². The van der Waals surface area contributed by atoms with Gasteiger partial charge in [-0.15, -0.1) is 0 Å². The lowest BCUT2D eigenvalue weighted by Gasteiger charge is -2.36. The van der Waals surface area contributed by atoms with Crippen LogP contribution in [0, 0.1) is 0 Å². The number of carbonyl (C=O) groups excluding carboxylic acids is 1. The number of benzene rings is 1. The summed E-state index contributed by atoms with van der Waals surface area (Å²) in [6, 6.07) is 4.27. The van der Waals surface area contributed by atoms with Gasteiger partial charge < -0.3 is 14.2 Å². The highest BCUT2D eigenvalue weighted by Crippen LogP contribution is 2.52. The molecule has 2 aliphatic heterocycles. The van der Waals surface area contributed by atoms with Crippen LogP contribution in [0.1, 0.15) is 76.8 Å². The summed E-state index contributed by atoms with van der Waals surface area (Å²) in [6.45, 7) is 9.76. The minimum Gasteiger partial charge on any atom is -0.483 e. The molecule has 1 aromatic rings. The summed E-state index contributed by atoms with van der Waals surface area (Å²) in [7, 11) is 0. The first-order valence-corrected chi connectivity index (χ1v) is 12.1. The molecule has 4 rings (SSSR count). The van der Waals surface area contributed by atoms with Crippen LogP contribution in [-0.2, 0) is 16.0 Å². The molecule has 0 amide bonds. The molecule has 0 N–H and O–H groups in total. The van der Waals surface area contributed by atoms with Crippen molar-refractivity contribution < 1.29 is 19.0 Å². The zero-order chi connectivity index (χ0) is 21.8. The van der Waals surface area contributed by atoms with E-state index < -0.39 is 0 Å².